The van der Waals surface area contributed by atoms with Crippen LogP contribution in [0.3, 0.4) is 0 Å². The number of alkyl halides is 1. The second-order valence-electron chi connectivity index (χ2n) is 9.52. The van der Waals surface area contributed by atoms with Gasteiger partial charge in [-0.05, 0) is 37.5 Å². The Balaban J connectivity index is 1.81. The van der Waals surface area contributed by atoms with Crippen molar-refractivity contribution in [2.75, 3.05) is 23.7 Å². The van der Waals surface area contributed by atoms with Gasteiger partial charge in [-0.25, -0.2) is 14.4 Å². The molecule has 0 aliphatic heterocycles. The van der Waals surface area contributed by atoms with Crippen molar-refractivity contribution in [3.8, 4) is 0 Å². The van der Waals surface area contributed by atoms with E-state index < -0.39 is 17.7 Å². The Bertz CT molecular complexity index is 1090. The fourth-order valence-corrected chi connectivity index (χ4v) is 3.54. The molecular formula is C23H30FN5O2S. The molecule has 3 aromatic rings. The summed E-state index contributed by atoms with van der Waals surface area (Å²) in [5.74, 6) is 0.111. The van der Waals surface area contributed by atoms with Gasteiger partial charge < -0.3 is 21.1 Å². The maximum absolute atomic E-state index is 14.1. The van der Waals surface area contributed by atoms with Crippen LogP contribution < -0.4 is 16.0 Å². The summed E-state index contributed by atoms with van der Waals surface area (Å²) in [5, 5.41) is 18.9. The summed E-state index contributed by atoms with van der Waals surface area (Å²) in [7, 11) is 0. The van der Waals surface area contributed by atoms with Crippen molar-refractivity contribution < 1.29 is 14.3 Å². The third-order valence-corrected chi connectivity index (χ3v) is 5.56. The Kier molecular flexibility index (Phi) is 7.00. The van der Waals surface area contributed by atoms with Crippen LogP contribution in [0.1, 0.15) is 45.0 Å². The van der Waals surface area contributed by atoms with Gasteiger partial charge in [0.2, 0.25) is 0 Å². The summed E-state index contributed by atoms with van der Waals surface area (Å²) >= 11 is 1.56. The second-order valence-corrected chi connectivity index (χ2v) is 10.4. The molecule has 1 aromatic carbocycles. The van der Waals surface area contributed by atoms with E-state index in [1.54, 1.807) is 22.9 Å². The smallest absolute Gasteiger partial charge is 0.255 e. The number of carbonyl (C=O) groups is 1. The average molecular weight is 460 g/mol. The lowest BCUT2D eigenvalue weighted by Gasteiger charge is -2.23. The van der Waals surface area contributed by atoms with Crippen LogP contribution in [0.25, 0.3) is 10.2 Å². The van der Waals surface area contributed by atoms with Gasteiger partial charge in [-0.15, -0.1) is 11.3 Å². The normalized spacial score (nSPS) is 13.1. The summed E-state index contributed by atoms with van der Waals surface area (Å²) in [6.45, 7) is 9.32. The Morgan fingerprint density at radius 2 is 1.94 bits per heavy atom. The molecule has 0 spiro atoms. The van der Waals surface area contributed by atoms with Crippen molar-refractivity contribution in [1.82, 2.24) is 15.3 Å². The van der Waals surface area contributed by atoms with Crippen LogP contribution >= 0.6 is 11.3 Å². The summed E-state index contributed by atoms with van der Waals surface area (Å²) in [6.07, 6.45) is -0.126. The number of anilines is 3. The van der Waals surface area contributed by atoms with Crippen molar-refractivity contribution in [3.63, 3.8) is 0 Å². The van der Waals surface area contributed by atoms with E-state index in [0.29, 0.717) is 23.6 Å². The van der Waals surface area contributed by atoms with Crippen LogP contribution in [-0.2, 0) is 0 Å². The number of thiazole rings is 1. The molecule has 0 fully saturated rings. The van der Waals surface area contributed by atoms with Crippen molar-refractivity contribution in [3.05, 3.63) is 41.5 Å². The monoisotopic (exact) mass is 459 g/mol. The van der Waals surface area contributed by atoms with Crippen molar-refractivity contribution in [1.29, 1.82) is 0 Å². The highest BCUT2D eigenvalue weighted by Crippen LogP contribution is 2.27. The van der Waals surface area contributed by atoms with E-state index in [9.17, 15) is 14.3 Å². The molecule has 0 radical (unpaired) electrons. The molecule has 0 bridgehead atoms. The van der Waals surface area contributed by atoms with E-state index >= 15 is 0 Å². The molecule has 2 aromatic heterocycles. The second kappa shape index (κ2) is 9.38. The van der Waals surface area contributed by atoms with Crippen LogP contribution in [0, 0.1) is 5.41 Å². The zero-order valence-electron chi connectivity index (χ0n) is 19.0. The predicted octanol–water partition coefficient (Wildman–Crippen LogP) is 4.73. The van der Waals surface area contributed by atoms with Gasteiger partial charge in [0.05, 0.1) is 39.1 Å². The highest BCUT2D eigenvalue weighted by atomic mass is 32.1. The largest absolute Gasteiger partial charge is 0.387 e. The topological polar surface area (TPSA) is 99.2 Å². The van der Waals surface area contributed by atoms with Gasteiger partial charge in [0.25, 0.3) is 5.91 Å². The number of pyridine rings is 1. The molecule has 1 atom stereocenters. The lowest BCUT2D eigenvalue weighted by molar-refractivity contribution is -0.00177. The molecule has 172 valence electrons. The van der Waals surface area contributed by atoms with Gasteiger partial charge >= 0.3 is 0 Å². The third-order valence-electron chi connectivity index (χ3n) is 4.77. The molecule has 0 saturated carbocycles. The first-order chi connectivity index (χ1) is 14.9. The van der Waals surface area contributed by atoms with Crippen LogP contribution in [0.5, 0.6) is 0 Å². The van der Waals surface area contributed by atoms with Crippen LogP contribution in [0.2, 0.25) is 0 Å². The molecule has 2 heterocycles. The third kappa shape index (κ3) is 6.37. The fourth-order valence-electron chi connectivity index (χ4n) is 2.82. The average Bonchev–Trinajstić information content (AvgIpc) is 3.17. The minimum absolute atomic E-state index is 0.0211. The number of benzene rings is 1. The first-order valence-corrected chi connectivity index (χ1v) is 11.3. The number of hydrogen-bond donors (Lipinski definition) is 4. The number of hydrogen-bond acceptors (Lipinski definition) is 7. The SMILES string of the molecule is CC(C)(C)CNc1cc(Nc2ccc3ncsc3c2)ncc1C(=O)NCC(F)C(C)(C)O. The Labute approximate surface area is 191 Å². The van der Waals surface area contributed by atoms with Crippen LogP contribution in [-0.4, -0.2) is 45.8 Å². The number of carbonyl (C=O) groups excluding carboxylic acids is 1. The number of fused-ring (bicyclic) bond motifs is 1. The van der Waals surface area contributed by atoms with Crippen LogP contribution in [0.15, 0.2) is 36.0 Å². The molecule has 9 heteroatoms. The highest BCUT2D eigenvalue weighted by molar-refractivity contribution is 7.16. The Morgan fingerprint density at radius 3 is 2.62 bits per heavy atom. The van der Waals surface area contributed by atoms with E-state index in [-0.39, 0.29) is 12.0 Å². The number of aromatic nitrogens is 2. The van der Waals surface area contributed by atoms with E-state index in [1.807, 2.05) is 18.2 Å². The number of rotatable bonds is 8. The van der Waals surface area contributed by atoms with E-state index in [1.165, 1.54) is 20.0 Å². The van der Waals surface area contributed by atoms with Gasteiger partial charge in [0, 0.05) is 24.5 Å². The first-order valence-electron chi connectivity index (χ1n) is 10.4. The molecule has 3 rings (SSSR count). The molecular weight excluding hydrogens is 429 g/mol. The molecule has 0 saturated heterocycles. The predicted molar refractivity (Wildman–Crippen MR) is 129 cm³/mol. The number of aliphatic hydroxyl groups is 1. The zero-order chi connectivity index (χ0) is 23.5. The summed E-state index contributed by atoms with van der Waals surface area (Å²) in [5.41, 5.74) is 2.93. The zero-order valence-corrected chi connectivity index (χ0v) is 19.8. The minimum Gasteiger partial charge on any atom is -0.387 e. The summed E-state index contributed by atoms with van der Waals surface area (Å²) in [4.78, 5) is 21.4. The lowest BCUT2D eigenvalue weighted by Crippen LogP contribution is -2.42. The van der Waals surface area contributed by atoms with Gasteiger partial charge in [-0.2, -0.15) is 0 Å². The molecule has 7 nitrogen and oxygen atoms in total. The number of amides is 1. The quantitative estimate of drug-likeness (QED) is 0.389. The Morgan fingerprint density at radius 1 is 1.19 bits per heavy atom. The molecule has 4 N–H and O–H groups in total. The number of nitrogens with zero attached hydrogens (tertiary/aromatic N) is 2. The Hall–Kier alpha value is -2.78. The summed E-state index contributed by atoms with van der Waals surface area (Å²) in [6, 6.07) is 7.62. The standard InChI is InChI=1S/C23H30FN5O2S/c1-22(2,3)12-27-17-9-20(29-14-6-7-16-18(8-14)32-13-28-16)25-10-15(17)21(30)26-11-19(24)23(4,5)31/h6-10,13,19,31H,11-12H2,1-5H3,(H,26,30)(H2,25,27,29). The number of halogens is 1. The van der Waals surface area contributed by atoms with E-state index in [0.717, 1.165) is 15.9 Å². The highest BCUT2D eigenvalue weighted by Gasteiger charge is 2.27. The number of nitrogens with one attached hydrogen (secondary N) is 3. The maximum Gasteiger partial charge on any atom is 0.255 e. The molecule has 0 aliphatic rings. The molecule has 1 unspecified atom stereocenters. The molecule has 1 amide bonds. The van der Waals surface area contributed by atoms with E-state index in [4.69, 9.17) is 0 Å². The molecule has 32 heavy (non-hydrogen) atoms. The van der Waals surface area contributed by atoms with Gasteiger partial charge in [-0.1, -0.05) is 20.8 Å². The van der Waals surface area contributed by atoms with Gasteiger partial charge in [0.1, 0.15) is 12.0 Å². The van der Waals surface area contributed by atoms with Gasteiger partial charge in [-0.3, -0.25) is 4.79 Å². The van der Waals surface area contributed by atoms with Gasteiger partial charge in [0.15, 0.2) is 0 Å². The van der Waals surface area contributed by atoms with Crippen molar-refractivity contribution in [2.45, 2.75) is 46.4 Å². The van der Waals surface area contributed by atoms with Crippen molar-refractivity contribution >= 4 is 44.7 Å². The fraction of sp³-hybridized carbons (Fsp3) is 0.435. The van der Waals surface area contributed by atoms with Crippen molar-refractivity contribution in [2.24, 2.45) is 5.41 Å². The first kappa shape index (κ1) is 23.9. The lowest BCUT2D eigenvalue weighted by atomic mass is 9.96. The summed E-state index contributed by atoms with van der Waals surface area (Å²) < 4.78 is 15.1. The van der Waals surface area contributed by atoms with Crippen LogP contribution in [0.4, 0.5) is 21.6 Å². The maximum atomic E-state index is 14.1. The van der Waals surface area contributed by atoms with E-state index in [2.05, 4.69) is 46.7 Å². The molecule has 0 aliphatic carbocycles. The minimum atomic E-state index is -1.59.